The Hall–Kier alpha value is -8.12. The zero-order chi connectivity index (χ0) is 69.7. The van der Waals surface area contributed by atoms with Gasteiger partial charge in [0.25, 0.3) is 0 Å². The number of aromatic nitrogens is 6. The van der Waals surface area contributed by atoms with E-state index in [1.54, 1.807) is 57.9 Å². The number of fused-ring (bicyclic) bond motifs is 6. The minimum Gasteiger partial charge on any atom is -0.444 e. The number of ether oxygens (including phenoxy) is 2. The number of amides is 2. The van der Waals surface area contributed by atoms with E-state index in [1.165, 1.54) is 96.3 Å². The molecule has 16 nitrogen and oxygen atoms in total. The van der Waals surface area contributed by atoms with Crippen LogP contribution in [0.5, 0.6) is 0 Å². The van der Waals surface area contributed by atoms with E-state index in [9.17, 15) is 27.2 Å². The Morgan fingerprint density at radius 1 is 0.541 bits per heavy atom. The van der Waals surface area contributed by atoms with Gasteiger partial charge in [-0.15, -0.1) is 68.0 Å². The van der Waals surface area contributed by atoms with Crippen molar-refractivity contribution >= 4 is 181 Å². The second-order valence-electron chi connectivity index (χ2n) is 27.6. The summed E-state index contributed by atoms with van der Waals surface area (Å²) in [6.45, 7) is 25.5. The molecule has 3 aliphatic rings. The number of rotatable bonds is 9. The van der Waals surface area contributed by atoms with Gasteiger partial charge in [-0.2, -0.15) is 0 Å². The number of likely N-dealkylation sites (tertiary alicyclic amines) is 1. The third-order valence-corrected chi connectivity index (χ3v) is 23.5. The molecule has 510 valence electrons. The third-order valence-electron chi connectivity index (χ3n) is 17.7. The molecule has 3 aliphatic heterocycles. The Labute approximate surface area is 584 Å². The first-order valence-electron chi connectivity index (χ1n) is 31.4. The van der Waals surface area contributed by atoms with Gasteiger partial charge in [0.15, 0.2) is 34.9 Å². The Bertz CT molecular complexity index is 5110. The molecule has 0 aliphatic carbocycles. The number of nitrogens with zero attached hydrogens (tertiary/aromatic N) is 8. The zero-order valence-corrected chi connectivity index (χ0v) is 60.3. The van der Waals surface area contributed by atoms with Crippen LogP contribution in [0.2, 0.25) is 0 Å². The van der Waals surface area contributed by atoms with Crippen LogP contribution in [-0.2, 0) is 9.47 Å². The molecule has 9 aromatic heterocycles. The van der Waals surface area contributed by atoms with Crippen molar-refractivity contribution in [3.8, 4) is 0 Å². The SMILES string of the molecule is CC(C)(C)OC(=O)N1CC=C(c2cc3c(Nc4c(F)cc5scnc5c4F)ccnc3s2)C1(C)C.CC(C)(C)OC(=O)N1CCC(c2cc3c(Nc4c(F)cc5scnc5c4F)ccnc3s2)C1(C)C.CC1(C)NCCC1c1cc2c(Nc3c(F)cc4scnc4c3F)ccnc2s1. The lowest BCUT2D eigenvalue weighted by molar-refractivity contribution is 0.0117. The fourth-order valence-electron chi connectivity index (χ4n) is 12.8. The van der Waals surface area contributed by atoms with Gasteiger partial charge < -0.3 is 35.6 Å². The first kappa shape index (κ1) is 68.4. The fourth-order valence-corrected chi connectivity index (χ4v) is 18.8. The van der Waals surface area contributed by atoms with E-state index in [0.29, 0.717) is 55.0 Å². The van der Waals surface area contributed by atoms with Crippen molar-refractivity contribution in [2.75, 3.05) is 35.6 Å². The lowest BCUT2D eigenvalue weighted by Crippen LogP contribution is -2.47. The molecule has 2 unspecified atom stereocenters. The van der Waals surface area contributed by atoms with Crippen molar-refractivity contribution in [2.24, 2.45) is 0 Å². The summed E-state index contributed by atoms with van der Waals surface area (Å²) in [6.07, 6.45) is 8.04. The Kier molecular flexibility index (Phi) is 18.1. The molecule has 2 saturated heterocycles. The highest BCUT2D eigenvalue weighted by molar-refractivity contribution is 7.20. The van der Waals surface area contributed by atoms with Crippen LogP contribution in [0.3, 0.4) is 0 Å². The largest absolute Gasteiger partial charge is 0.444 e. The number of nitrogens with one attached hydrogen (secondary N) is 4. The predicted molar refractivity (Wildman–Crippen MR) is 386 cm³/mol. The van der Waals surface area contributed by atoms with Crippen LogP contribution in [-0.4, -0.2) is 99.3 Å². The normalized spacial score (nSPS) is 17.4. The van der Waals surface area contributed by atoms with Crippen LogP contribution >= 0.6 is 68.0 Å². The lowest BCUT2D eigenvalue weighted by Gasteiger charge is -2.36. The third kappa shape index (κ3) is 13.1. The summed E-state index contributed by atoms with van der Waals surface area (Å²) in [5.74, 6) is -3.65. The van der Waals surface area contributed by atoms with Gasteiger partial charge in [-0.25, -0.2) is 65.8 Å². The summed E-state index contributed by atoms with van der Waals surface area (Å²) in [5, 5.41) is 14.7. The van der Waals surface area contributed by atoms with E-state index in [0.717, 1.165) is 60.5 Å². The van der Waals surface area contributed by atoms with Crippen molar-refractivity contribution in [3.63, 3.8) is 0 Å². The Balaban J connectivity index is 0.000000133. The number of hydrogen-bond donors (Lipinski definition) is 4. The molecule has 2 fully saturated rings. The lowest BCUT2D eigenvalue weighted by atomic mass is 9.87. The number of hydrogen-bond acceptors (Lipinski definition) is 20. The average molecular weight is 1450 g/mol. The van der Waals surface area contributed by atoms with Crippen molar-refractivity contribution in [1.29, 1.82) is 0 Å². The predicted octanol–water partition coefficient (Wildman–Crippen LogP) is 20.6. The molecule has 4 N–H and O–H groups in total. The van der Waals surface area contributed by atoms with Crippen molar-refractivity contribution in [2.45, 2.75) is 136 Å². The first-order valence-corrected chi connectivity index (χ1v) is 36.5. The van der Waals surface area contributed by atoms with E-state index in [-0.39, 0.29) is 57.3 Å². The van der Waals surface area contributed by atoms with Gasteiger partial charge in [0.2, 0.25) is 0 Å². The molecule has 15 rings (SSSR count). The van der Waals surface area contributed by atoms with Gasteiger partial charge in [-0.3, -0.25) is 4.90 Å². The monoisotopic (exact) mass is 1450 g/mol. The molecule has 98 heavy (non-hydrogen) atoms. The molecule has 12 aromatic rings. The highest BCUT2D eigenvalue weighted by atomic mass is 32.1. The quantitative estimate of drug-likeness (QED) is 0.100. The minimum atomic E-state index is -0.727. The molecular weight excluding hydrogens is 1380 g/mol. The van der Waals surface area contributed by atoms with Crippen LogP contribution in [0.4, 0.5) is 70.1 Å². The zero-order valence-electron chi connectivity index (χ0n) is 55.4. The van der Waals surface area contributed by atoms with Crippen molar-refractivity contribution < 1.29 is 45.4 Å². The van der Waals surface area contributed by atoms with Gasteiger partial charge in [0.05, 0.1) is 53.2 Å². The van der Waals surface area contributed by atoms with Gasteiger partial charge in [0.1, 0.15) is 59.3 Å². The Morgan fingerprint density at radius 2 is 0.949 bits per heavy atom. The van der Waals surface area contributed by atoms with Gasteiger partial charge >= 0.3 is 12.2 Å². The van der Waals surface area contributed by atoms with Crippen LogP contribution in [0.15, 0.2) is 95.8 Å². The second-order valence-corrected chi connectivity index (χ2v) is 33.5. The molecule has 12 heterocycles. The van der Waals surface area contributed by atoms with E-state index >= 15 is 8.78 Å². The van der Waals surface area contributed by atoms with Crippen molar-refractivity contribution in [3.05, 3.63) is 145 Å². The average Bonchev–Trinajstić information content (AvgIpc) is 1.60. The van der Waals surface area contributed by atoms with Crippen LogP contribution < -0.4 is 21.3 Å². The molecule has 0 spiro atoms. The molecule has 28 heteroatoms. The van der Waals surface area contributed by atoms with E-state index in [4.69, 9.17) is 9.47 Å². The highest BCUT2D eigenvalue weighted by Crippen LogP contribution is 2.49. The Morgan fingerprint density at radius 3 is 1.37 bits per heavy atom. The molecule has 3 aromatic carbocycles. The number of anilines is 6. The maximum absolute atomic E-state index is 15.0. The van der Waals surface area contributed by atoms with Crippen LogP contribution in [0, 0.1) is 34.9 Å². The smallest absolute Gasteiger partial charge is 0.411 e. The fraction of sp³-hybridized carbons (Fsp3) is 0.343. The number of carbonyl (C=O) groups is 2. The second kappa shape index (κ2) is 25.9. The van der Waals surface area contributed by atoms with Gasteiger partial charge in [0, 0.05) is 85.4 Å². The number of thiazole rings is 3. The molecule has 2 atom stereocenters. The molecular formula is C70H68F6N12O4S6. The van der Waals surface area contributed by atoms with E-state index < -0.39 is 57.2 Å². The van der Waals surface area contributed by atoms with Crippen LogP contribution in [0.1, 0.15) is 122 Å². The van der Waals surface area contributed by atoms with Crippen LogP contribution in [0.25, 0.3) is 66.9 Å². The number of halogens is 6. The topological polar surface area (TPSA) is 185 Å². The summed E-state index contributed by atoms with van der Waals surface area (Å²) in [5.41, 5.74) is 4.79. The number of thiophene rings is 3. The summed E-state index contributed by atoms with van der Waals surface area (Å²) >= 11 is 8.24. The summed E-state index contributed by atoms with van der Waals surface area (Å²) in [7, 11) is 0. The number of pyridine rings is 3. The van der Waals surface area contributed by atoms with Gasteiger partial charge in [-0.1, -0.05) is 6.08 Å². The van der Waals surface area contributed by atoms with E-state index in [1.807, 2.05) is 87.4 Å². The highest BCUT2D eigenvalue weighted by Gasteiger charge is 2.47. The number of benzene rings is 3. The molecule has 0 saturated carbocycles. The van der Waals surface area contributed by atoms with E-state index in [2.05, 4.69) is 71.1 Å². The molecule has 0 bridgehead atoms. The molecule has 2 amide bonds. The maximum Gasteiger partial charge on any atom is 0.411 e. The summed E-state index contributed by atoms with van der Waals surface area (Å²) in [6, 6.07) is 15.1. The van der Waals surface area contributed by atoms with Gasteiger partial charge in [-0.05, 0) is 163 Å². The standard InChI is InChI=1S/C25H26F2N4O2S2.C25H24F2N4O2S2.C20H18F2N4S2/c2*1-24(2,3)33-23(32)31-9-7-14(25(31,4)5)17-10-13-16(6-8-28-22(13)35-17)30-20-15(26)11-18-21(19(20)27)29-12-34-18;1-20(2)11(3-6-25-20)14-7-10-13(4-5-23-19(10)28-14)26-17-12(21)8-15-18(16(17)22)24-9-27-15/h6,8,10-12,14H,7,9H2,1-5H3,(H,28,30);6-8,10-12H,9H2,1-5H3,(H,28,30);4-5,7-9,11,25H,3,6H2,1-2H3,(H,23,26). The molecule has 0 radical (unpaired) electrons. The van der Waals surface area contributed by atoms with Crippen molar-refractivity contribution in [1.82, 2.24) is 45.0 Å². The summed E-state index contributed by atoms with van der Waals surface area (Å²) < 4.78 is 102. The minimum absolute atomic E-state index is 0.0162. The summed E-state index contributed by atoms with van der Waals surface area (Å²) in [4.78, 5) is 60.1. The first-order chi connectivity index (χ1) is 46.3. The number of carbonyl (C=O) groups excluding carboxylic acids is 2. The maximum atomic E-state index is 15.0.